The SMILES string of the molecule is CC(O)C1CCN(Cc2cccc(NC(=O)OC(C)(C)C)c2)C1. The second-order valence-corrected chi connectivity index (χ2v) is 7.35. The van der Waals surface area contributed by atoms with Crippen molar-refractivity contribution < 1.29 is 14.6 Å². The highest BCUT2D eigenvalue weighted by molar-refractivity contribution is 5.84. The maximum absolute atomic E-state index is 11.8. The Labute approximate surface area is 138 Å². The Bertz CT molecular complexity index is 537. The van der Waals surface area contributed by atoms with Crippen LogP contribution in [-0.4, -0.2) is 40.9 Å². The first-order valence-corrected chi connectivity index (χ1v) is 8.22. The zero-order valence-corrected chi connectivity index (χ0v) is 14.5. The molecule has 2 atom stereocenters. The predicted molar refractivity (Wildman–Crippen MR) is 91.4 cm³/mol. The molecule has 128 valence electrons. The molecule has 5 nitrogen and oxygen atoms in total. The number of carbonyl (C=O) groups is 1. The molecule has 1 saturated heterocycles. The van der Waals surface area contributed by atoms with E-state index in [2.05, 4.69) is 16.3 Å². The quantitative estimate of drug-likeness (QED) is 0.894. The Hall–Kier alpha value is -1.59. The van der Waals surface area contributed by atoms with Gasteiger partial charge in [0.15, 0.2) is 0 Å². The van der Waals surface area contributed by atoms with E-state index in [1.165, 1.54) is 0 Å². The Morgan fingerprint density at radius 2 is 2.22 bits per heavy atom. The molecule has 1 aliphatic rings. The number of aliphatic hydroxyl groups is 1. The summed E-state index contributed by atoms with van der Waals surface area (Å²) in [6, 6.07) is 7.82. The molecule has 0 aliphatic carbocycles. The van der Waals surface area contributed by atoms with Crippen molar-refractivity contribution in [2.24, 2.45) is 5.92 Å². The summed E-state index contributed by atoms with van der Waals surface area (Å²) in [5.74, 6) is 0.359. The lowest BCUT2D eigenvalue weighted by atomic mass is 10.0. The smallest absolute Gasteiger partial charge is 0.412 e. The molecule has 1 amide bonds. The topological polar surface area (TPSA) is 61.8 Å². The average molecular weight is 320 g/mol. The molecule has 0 radical (unpaired) electrons. The van der Waals surface area contributed by atoms with Crippen LogP contribution in [0.2, 0.25) is 0 Å². The van der Waals surface area contributed by atoms with Crippen LogP contribution in [0.15, 0.2) is 24.3 Å². The summed E-state index contributed by atoms with van der Waals surface area (Å²) in [5.41, 5.74) is 1.38. The molecule has 0 aromatic heterocycles. The molecule has 23 heavy (non-hydrogen) atoms. The van der Waals surface area contributed by atoms with Crippen LogP contribution < -0.4 is 5.32 Å². The number of likely N-dealkylation sites (tertiary alicyclic amines) is 1. The number of aliphatic hydroxyl groups excluding tert-OH is 1. The lowest BCUT2D eigenvalue weighted by Crippen LogP contribution is -2.27. The first kappa shape index (κ1) is 17.8. The van der Waals surface area contributed by atoms with Gasteiger partial charge in [-0.2, -0.15) is 0 Å². The van der Waals surface area contributed by atoms with Gasteiger partial charge in [0.25, 0.3) is 0 Å². The van der Waals surface area contributed by atoms with Gasteiger partial charge in [-0.25, -0.2) is 4.79 Å². The number of amides is 1. The summed E-state index contributed by atoms with van der Waals surface area (Å²) >= 11 is 0. The van der Waals surface area contributed by atoms with E-state index in [1.54, 1.807) is 0 Å². The van der Waals surface area contributed by atoms with E-state index in [0.717, 1.165) is 37.3 Å². The molecule has 5 heteroatoms. The molecule has 1 aromatic rings. The third-order valence-corrected chi connectivity index (χ3v) is 3.97. The predicted octanol–water partition coefficient (Wildman–Crippen LogP) is 3.24. The van der Waals surface area contributed by atoms with Gasteiger partial charge in [0, 0.05) is 18.8 Å². The van der Waals surface area contributed by atoms with Crippen LogP contribution >= 0.6 is 0 Å². The minimum atomic E-state index is -0.507. The second-order valence-electron chi connectivity index (χ2n) is 7.35. The van der Waals surface area contributed by atoms with Crippen molar-refractivity contribution >= 4 is 11.8 Å². The molecule has 1 aliphatic heterocycles. The highest BCUT2D eigenvalue weighted by atomic mass is 16.6. The molecular formula is C18H28N2O3. The molecule has 2 N–H and O–H groups in total. The number of rotatable bonds is 4. The van der Waals surface area contributed by atoms with Gasteiger partial charge >= 0.3 is 6.09 Å². The fraction of sp³-hybridized carbons (Fsp3) is 0.611. The summed E-state index contributed by atoms with van der Waals surface area (Å²) in [4.78, 5) is 14.2. The van der Waals surface area contributed by atoms with E-state index >= 15 is 0 Å². The monoisotopic (exact) mass is 320 g/mol. The van der Waals surface area contributed by atoms with Gasteiger partial charge in [-0.1, -0.05) is 12.1 Å². The molecule has 2 unspecified atom stereocenters. The van der Waals surface area contributed by atoms with Gasteiger partial charge in [-0.3, -0.25) is 10.2 Å². The van der Waals surface area contributed by atoms with Crippen LogP contribution in [0.4, 0.5) is 10.5 Å². The van der Waals surface area contributed by atoms with Crippen LogP contribution in [0.1, 0.15) is 39.7 Å². The molecule has 1 heterocycles. The summed E-state index contributed by atoms with van der Waals surface area (Å²) in [6.07, 6.45) is 0.346. The zero-order valence-electron chi connectivity index (χ0n) is 14.5. The van der Waals surface area contributed by atoms with Gasteiger partial charge in [-0.05, 0) is 64.3 Å². The Kier molecular flexibility index (Phi) is 5.65. The normalized spacial score (nSPS) is 20.3. The van der Waals surface area contributed by atoms with Crippen molar-refractivity contribution in [1.29, 1.82) is 0 Å². The minimum Gasteiger partial charge on any atom is -0.444 e. The maximum Gasteiger partial charge on any atom is 0.412 e. The van der Waals surface area contributed by atoms with Crippen LogP contribution in [0.3, 0.4) is 0 Å². The number of hydrogen-bond donors (Lipinski definition) is 2. The summed E-state index contributed by atoms with van der Waals surface area (Å²) in [6.45, 7) is 10.1. The van der Waals surface area contributed by atoms with Gasteiger partial charge < -0.3 is 9.84 Å². The van der Waals surface area contributed by atoms with E-state index in [9.17, 15) is 9.90 Å². The number of ether oxygens (including phenoxy) is 1. The standard InChI is InChI=1S/C18H28N2O3/c1-13(21)15-8-9-20(12-15)11-14-6-5-7-16(10-14)19-17(22)23-18(2,3)4/h5-7,10,13,15,21H,8-9,11-12H2,1-4H3,(H,19,22). The Morgan fingerprint density at radius 1 is 1.48 bits per heavy atom. The number of hydrogen-bond acceptors (Lipinski definition) is 4. The van der Waals surface area contributed by atoms with Crippen molar-refractivity contribution in [3.63, 3.8) is 0 Å². The van der Waals surface area contributed by atoms with E-state index < -0.39 is 11.7 Å². The number of carbonyl (C=O) groups excluding carboxylic acids is 1. The molecule has 0 saturated carbocycles. The van der Waals surface area contributed by atoms with Gasteiger partial charge in [0.05, 0.1) is 6.10 Å². The molecule has 0 spiro atoms. The first-order valence-electron chi connectivity index (χ1n) is 8.22. The van der Waals surface area contributed by atoms with Gasteiger partial charge in [-0.15, -0.1) is 0 Å². The Morgan fingerprint density at radius 3 is 2.83 bits per heavy atom. The fourth-order valence-corrected chi connectivity index (χ4v) is 2.83. The second kappa shape index (κ2) is 7.32. The molecule has 1 fully saturated rings. The van der Waals surface area contributed by atoms with Crippen molar-refractivity contribution in [2.75, 3.05) is 18.4 Å². The first-order chi connectivity index (χ1) is 10.7. The average Bonchev–Trinajstić information content (AvgIpc) is 2.85. The zero-order chi connectivity index (χ0) is 17.0. The highest BCUT2D eigenvalue weighted by Gasteiger charge is 2.25. The van der Waals surface area contributed by atoms with E-state index in [0.29, 0.717) is 5.92 Å². The Balaban J connectivity index is 1.91. The summed E-state index contributed by atoms with van der Waals surface area (Å²) in [5, 5.41) is 12.5. The number of anilines is 1. The minimum absolute atomic E-state index is 0.250. The summed E-state index contributed by atoms with van der Waals surface area (Å²) < 4.78 is 5.27. The number of nitrogens with one attached hydrogen (secondary N) is 1. The van der Waals surface area contributed by atoms with Crippen LogP contribution in [0.25, 0.3) is 0 Å². The third kappa shape index (κ3) is 5.84. The lowest BCUT2D eigenvalue weighted by Gasteiger charge is -2.20. The van der Waals surface area contributed by atoms with Gasteiger partial charge in [0.2, 0.25) is 0 Å². The van der Waals surface area contributed by atoms with Crippen LogP contribution in [0.5, 0.6) is 0 Å². The van der Waals surface area contributed by atoms with Gasteiger partial charge in [0.1, 0.15) is 5.60 Å². The highest BCUT2D eigenvalue weighted by Crippen LogP contribution is 2.22. The van der Waals surface area contributed by atoms with Crippen molar-refractivity contribution in [3.8, 4) is 0 Å². The van der Waals surface area contributed by atoms with Crippen molar-refractivity contribution in [3.05, 3.63) is 29.8 Å². The van der Waals surface area contributed by atoms with E-state index in [-0.39, 0.29) is 6.10 Å². The number of benzene rings is 1. The largest absolute Gasteiger partial charge is 0.444 e. The van der Waals surface area contributed by atoms with Crippen LogP contribution in [-0.2, 0) is 11.3 Å². The van der Waals surface area contributed by atoms with E-state index in [1.807, 2.05) is 45.9 Å². The fourth-order valence-electron chi connectivity index (χ4n) is 2.83. The van der Waals surface area contributed by atoms with Crippen molar-refractivity contribution in [1.82, 2.24) is 4.90 Å². The summed E-state index contributed by atoms with van der Waals surface area (Å²) in [7, 11) is 0. The molecule has 0 bridgehead atoms. The third-order valence-electron chi connectivity index (χ3n) is 3.97. The molecule has 1 aromatic carbocycles. The molecular weight excluding hydrogens is 292 g/mol. The molecule has 2 rings (SSSR count). The van der Waals surface area contributed by atoms with Crippen LogP contribution in [0, 0.1) is 5.92 Å². The maximum atomic E-state index is 11.8. The lowest BCUT2D eigenvalue weighted by molar-refractivity contribution is 0.0636. The van der Waals surface area contributed by atoms with Crippen molar-refractivity contribution in [2.45, 2.75) is 52.4 Å². The number of nitrogens with zero attached hydrogens (tertiary/aromatic N) is 1. The van der Waals surface area contributed by atoms with E-state index in [4.69, 9.17) is 4.74 Å².